The van der Waals surface area contributed by atoms with Gasteiger partial charge in [0.15, 0.2) is 29.3 Å². The Morgan fingerprint density at radius 3 is 1.84 bits per heavy atom. The molecular weight excluding hydrogens is 731 g/mol. The molecule has 51 heavy (non-hydrogen) atoms. The fourth-order valence-corrected chi connectivity index (χ4v) is 9.69. The van der Waals surface area contributed by atoms with Crippen LogP contribution in [0.15, 0.2) is 97.3 Å². The second-order valence-electron chi connectivity index (χ2n) is 11.4. The fraction of sp³-hybridized carbons (Fsp3) is 0.233. The molecule has 7 atom stereocenters. The van der Waals surface area contributed by atoms with Gasteiger partial charge in [-0.15, -0.1) is 0 Å². The van der Waals surface area contributed by atoms with E-state index in [-0.39, 0.29) is 22.8 Å². The molecule has 7 unspecified atom stereocenters. The number of ether oxygens (including phenoxy) is 3. The quantitative estimate of drug-likeness (QED) is 0.0886. The van der Waals surface area contributed by atoms with E-state index in [1.165, 1.54) is 18.0 Å². The maximum absolute atomic E-state index is 13.2. The maximum Gasteiger partial charge on any atom is 0.490 e. The molecule has 0 saturated carbocycles. The second-order valence-corrected chi connectivity index (χ2v) is 15.8. The highest BCUT2D eigenvalue weighted by Crippen LogP contribution is 2.68. The largest absolute Gasteiger partial charge is 0.490 e. The predicted octanol–water partition coefficient (Wildman–Crippen LogP) is 4.10. The lowest BCUT2D eigenvalue weighted by atomic mass is 9.79. The van der Waals surface area contributed by atoms with Gasteiger partial charge in [-0.3, -0.25) is 9.09 Å². The summed E-state index contributed by atoms with van der Waals surface area (Å²) in [5.74, 6) is -0.152. The smallest absolute Gasteiger partial charge is 0.382 e. The molecule has 2 aliphatic rings. The van der Waals surface area contributed by atoms with E-state index in [9.17, 15) is 23.5 Å². The SMILES string of the molecule is COC1C2OC(C1OC(c1ccccc1)(c1ccccc1)c1ccccc1)n1c(nc3c(N)ncnc31)C2OP(=O)(O)OP(=O)(O)OP(=O)(O)O. The molecular formula is C30H30N5O13P3. The lowest BCUT2D eigenvalue weighted by molar-refractivity contribution is -0.134. The van der Waals surface area contributed by atoms with Crippen LogP contribution in [0.2, 0.25) is 0 Å². The van der Waals surface area contributed by atoms with Crippen molar-refractivity contribution in [1.29, 1.82) is 0 Å². The molecule has 7 rings (SSSR count). The van der Waals surface area contributed by atoms with E-state index in [4.69, 9.17) is 34.3 Å². The molecule has 6 N–H and O–H groups in total. The Kier molecular flexibility index (Phi) is 9.36. The van der Waals surface area contributed by atoms with Crippen LogP contribution in [0.1, 0.15) is 34.8 Å². The summed E-state index contributed by atoms with van der Waals surface area (Å²) >= 11 is 0. The summed E-state index contributed by atoms with van der Waals surface area (Å²) in [7, 11) is -15.9. The number of rotatable bonds is 12. The van der Waals surface area contributed by atoms with Crippen molar-refractivity contribution in [3.05, 3.63) is 120 Å². The number of nitrogen functional groups attached to an aromatic ring is 1. The Hall–Kier alpha value is -3.70. The van der Waals surface area contributed by atoms with Crippen molar-refractivity contribution in [2.45, 2.75) is 36.2 Å². The number of phosphoric ester groups is 1. The number of nitrogens with two attached hydrogens (primary N) is 1. The Labute approximate surface area is 289 Å². The van der Waals surface area contributed by atoms with E-state index in [1.807, 2.05) is 91.0 Å². The zero-order valence-electron chi connectivity index (χ0n) is 26.3. The number of phosphoric acid groups is 3. The van der Waals surface area contributed by atoms with Crippen molar-refractivity contribution >= 4 is 40.4 Å². The van der Waals surface area contributed by atoms with Crippen LogP contribution in [0, 0.1) is 0 Å². The second kappa shape index (κ2) is 13.4. The summed E-state index contributed by atoms with van der Waals surface area (Å²) in [6.45, 7) is 0. The molecule has 2 bridgehead atoms. The zero-order chi connectivity index (χ0) is 36.2. The van der Waals surface area contributed by atoms with E-state index in [1.54, 1.807) is 0 Å². The van der Waals surface area contributed by atoms with Crippen LogP contribution >= 0.6 is 23.5 Å². The minimum atomic E-state index is -5.87. The zero-order valence-corrected chi connectivity index (χ0v) is 29.0. The van der Waals surface area contributed by atoms with E-state index >= 15 is 0 Å². The summed E-state index contributed by atoms with van der Waals surface area (Å²) in [4.78, 5) is 51.4. The number of methoxy groups -OCH3 is 1. The van der Waals surface area contributed by atoms with Gasteiger partial charge in [-0.2, -0.15) is 8.62 Å². The van der Waals surface area contributed by atoms with Gasteiger partial charge in [0.05, 0.1) is 0 Å². The molecule has 1 saturated heterocycles. The minimum absolute atomic E-state index is 0.0529. The van der Waals surface area contributed by atoms with Gasteiger partial charge in [-0.1, -0.05) is 91.0 Å². The molecule has 268 valence electrons. The molecule has 2 aliphatic heterocycles. The van der Waals surface area contributed by atoms with Crippen LogP contribution in [-0.4, -0.2) is 64.5 Å². The molecule has 5 aromatic rings. The monoisotopic (exact) mass is 761 g/mol. The summed E-state index contributed by atoms with van der Waals surface area (Å²) in [5, 5.41) is 0. The van der Waals surface area contributed by atoms with Crippen molar-refractivity contribution in [2.24, 2.45) is 0 Å². The van der Waals surface area contributed by atoms with Crippen LogP contribution in [-0.2, 0) is 46.7 Å². The molecule has 2 aromatic heterocycles. The van der Waals surface area contributed by atoms with E-state index in [0.717, 1.165) is 16.7 Å². The number of imidazole rings is 1. The molecule has 21 heteroatoms. The third-order valence-electron chi connectivity index (χ3n) is 8.35. The Bertz CT molecular complexity index is 2090. The first-order valence-electron chi connectivity index (χ1n) is 15.1. The maximum atomic E-state index is 13.2. The van der Waals surface area contributed by atoms with Gasteiger partial charge in [0.1, 0.15) is 36.1 Å². The number of benzene rings is 3. The molecule has 1 fully saturated rings. The number of fused-ring (bicyclic) bond motifs is 6. The number of hydrogen-bond acceptors (Lipinski definition) is 13. The molecule has 3 aromatic carbocycles. The highest BCUT2D eigenvalue weighted by molar-refractivity contribution is 7.66. The lowest BCUT2D eigenvalue weighted by Gasteiger charge is -2.40. The molecule has 18 nitrogen and oxygen atoms in total. The first-order chi connectivity index (χ1) is 24.2. The summed E-state index contributed by atoms with van der Waals surface area (Å²) in [6.07, 6.45) is -5.12. The van der Waals surface area contributed by atoms with Gasteiger partial charge in [0.25, 0.3) is 0 Å². The number of hydrogen-bond donors (Lipinski definition) is 5. The third-order valence-corrected chi connectivity index (χ3v) is 12.2. The van der Waals surface area contributed by atoms with Gasteiger partial charge in [0.2, 0.25) is 0 Å². The van der Waals surface area contributed by atoms with Gasteiger partial charge in [-0.25, -0.2) is 28.6 Å². The highest BCUT2D eigenvalue weighted by atomic mass is 31.3. The molecule has 4 heterocycles. The summed E-state index contributed by atoms with van der Waals surface area (Å²) in [5.41, 5.74) is 7.24. The van der Waals surface area contributed by atoms with Gasteiger partial charge >= 0.3 is 23.5 Å². The van der Waals surface area contributed by atoms with Crippen LogP contribution in [0.4, 0.5) is 5.82 Å². The van der Waals surface area contributed by atoms with Crippen molar-refractivity contribution in [3.63, 3.8) is 0 Å². The molecule has 0 spiro atoms. The topological polar surface area (TPSA) is 257 Å². The predicted molar refractivity (Wildman–Crippen MR) is 176 cm³/mol. The van der Waals surface area contributed by atoms with Crippen molar-refractivity contribution in [2.75, 3.05) is 12.8 Å². The standard InChI is InChI=1S/C30H30N5O13P3/c1-43-22-23-24(46-50(39,40)48-51(41,42)47-49(36,37)38)28-34-21-26(31)32-17-33-27(21)35(28)29(44-23)25(22)45-30(18-11-5-2-6-12-18,19-13-7-3-8-14-19)20-15-9-4-10-16-20/h2-17,22-25,29H,1H3,(H,39,40)(H,41,42)(H2,31,32,33)(H2,36,37,38). The van der Waals surface area contributed by atoms with Crippen molar-refractivity contribution in [3.8, 4) is 0 Å². The number of nitrogens with zero attached hydrogens (tertiary/aromatic N) is 4. The van der Waals surface area contributed by atoms with E-state index in [2.05, 4.69) is 23.6 Å². The van der Waals surface area contributed by atoms with Crippen LogP contribution in [0.25, 0.3) is 11.2 Å². The highest BCUT2D eigenvalue weighted by Gasteiger charge is 2.60. The van der Waals surface area contributed by atoms with Crippen LogP contribution in [0.3, 0.4) is 0 Å². The Morgan fingerprint density at radius 1 is 0.784 bits per heavy atom. The average Bonchev–Trinajstić information content (AvgIpc) is 3.62. The molecule has 0 radical (unpaired) electrons. The third kappa shape index (κ3) is 6.72. The number of aromatic nitrogens is 4. The van der Waals surface area contributed by atoms with E-state index < -0.39 is 59.7 Å². The summed E-state index contributed by atoms with van der Waals surface area (Å²) < 4.78 is 71.2. The first kappa shape index (κ1) is 35.7. The minimum Gasteiger partial charge on any atom is -0.382 e. The van der Waals surface area contributed by atoms with Gasteiger partial charge < -0.3 is 39.5 Å². The van der Waals surface area contributed by atoms with Crippen molar-refractivity contribution < 1.29 is 60.6 Å². The Morgan fingerprint density at radius 2 is 1.33 bits per heavy atom. The average molecular weight is 762 g/mol. The molecule has 0 amide bonds. The Balaban J connectivity index is 1.39. The number of anilines is 1. The van der Waals surface area contributed by atoms with Crippen LogP contribution in [0.5, 0.6) is 0 Å². The van der Waals surface area contributed by atoms with Crippen molar-refractivity contribution in [1.82, 2.24) is 19.5 Å². The van der Waals surface area contributed by atoms with Gasteiger partial charge in [0, 0.05) is 7.11 Å². The lowest BCUT2D eigenvalue weighted by Crippen LogP contribution is -2.44. The van der Waals surface area contributed by atoms with Gasteiger partial charge in [-0.05, 0) is 16.7 Å². The van der Waals surface area contributed by atoms with Crippen LogP contribution < -0.4 is 5.73 Å². The molecule has 0 aliphatic carbocycles. The fourth-order valence-electron chi connectivity index (χ4n) is 6.53. The summed E-state index contributed by atoms with van der Waals surface area (Å²) in [6, 6.07) is 28.3. The normalized spacial score (nSPS) is 24.1. The first-order valence-corrected chi connectivity index (χ1v) is 19.6. The van der Waals surface area contributed by atoms with E-state index in [0.29, 0.717) is 0 Å².